The fourth-order valence-corrected chi connectivity index (χ4v) is 3.08. The third-order valence-corrected chi connectivity index (χ3v) is 4.48. The number of aromatic nitrogens is 2. The monoisotopic (exact) mass is 306 g/mol. The van der Waals surface area contributed by atoms with Crippen LogP contribution >= 0.6 is 11.8 Å². The summed E-state index contributed by atoms with van der Waals surface area (Å²) in [7, 11) is 1.66. The van der Waals surface area contributed by atoms with Crippen LogP contribution in [0.5, 0.6) is 5.75 Å². The molecule has 2 heterocycles. The minimum absolute atomic E-state index is 0.604. The van der Waals surface area contributed by atoms with Gasteiger partial charge in [0.15, 0.2) is 0 Å². The van der Waals surface area contributed by atoms with Crippen LogP contribution in [0.2, 0.25) is 0 Å². The minimum atomic E-state index is 0.604. The molecule has 6 heteroatoms. The standard InChI is InChI=1S/C15H18N2O3S/c1-18-13-4-2-11(3-5-13)8-14-16-17-15(20-14)21-10-12-6-7-19-9-12/h2-5,12H,6-10H2,1H3/t12-/m1/s1. The summed E-state index contributed by atoms with van der Waals surface area (Å²) in [4.78, 5) is 0. The fourth-order valence-electron chi connectivity index (χ4n) is 2.19. The van der Waals surface area contributed by atoms with Crippen LogP contribution in [0.15, 0.2) is 33.9 Å². The second-order valence-corrected chi connectivity index (χ2v) is 6.00. The van der Waals surface area contributed by atoms with E-state index in [0.29, 0.717) is 23.5 Å². The molecule has 112 valence electrons. The number of rotatable bonds is 6. The summed E-state index contributed by atoms with van der Waals surface area (Å²) in [5, 5.41) is 8.83. The van der Waals surface area contributed by atoms with Gasteiger partial charge in [-0.15, -0.1) is 10.2 Å². The van der Waals surface area contributed by atoms with Crippen molar-refractivity contribution in [1.82, 2.24) is 10.2 Å². The number of benzene rings is 1. The third-order valence-electron chi connectivity index (χ3n) is 3.43. The molecule has 1 aliphatic rings. The lowest BCUT2D eigenvalue weighted by atomic mass is 10.1. The first-order valence-corrected chi connectivity index (χ1v) is 7.98. The summed E-state index contributed by atoms with van der Waals surface area (Å²) in [6.45, 7) is 1.72. The summed E-state index contributed by atoms with van der Waals surface area (Å²) < 4.78 is 16.2. The van der Waals surface area contributed by atoms with Crippen molar-refractivity contribution in [2.75, 3.05) is 26.1 Å². The SMILES string of the molecule is COc1ccc(Cc2nnc(SC[C@@H]3CCOC3)o2)cc1. The van der Waals surface area contributed by atoms with Crippen molar-refractivity contribution >= 4 is 11.8 Å². The first-order valence-electron chi connectivity index (χ1n) is 6.99. The maximum Gasteiger partial charge on any atom is 0.276 e. The molecule has 0 N–H and O–H groups in total. The van der Waals surface area contributed by atoms with Crippen LogP contribution in [0.3, 0.4) is 0 Å². The summed E-state index contributed by atoms with van der Waals surface area (Å²) >= 11 is 1.61. The number of ether oxygens (including phenoxy) is 2. The molecular formula is C15H18N2O3S. The van der Waals surface area contributed by atoms with E-state index in [1.165, 1.54) is 0 Å². The number of thioether (sulfide) groups is 1. The molecule has 0 radical (unpaired) electrons. The molecule has 2 aromatic rings. The molecule has 21 heavy (non-hydrogen) atoms. The number of nitrogens with zero attached hydrogens (tertiary/aromatic N) is 2. The van der Waals surface area contributed by atoms with Crippen LogP contribution in [-0.4, -0.2) is 36.3 Å². The largest absolute Gasteiger partial charge is 0.497 e. The average molecular weight is 306 g/mol. The van der Waals surface area contributed by atoms with E-state index in [9.17, 15) is 0 Å². The number of methoxy groups -OCH3 is 1. The lowest BCUT2D eigenvalue weighted by Gasteiger charge is -2.03. The first-order chi connectivity index (χ1) is 10.3. The van der Waals surface area contributed by atoms with E-state index < -0.39 is 0 Å². The van der Waals surface area contributed by atoms with Crippen LogP contribution < -0.4 is 4.74 Å². The third kappa shape index (κ3) is 3.98. The minimum Gasteiger partial charge on any atom is -0.497 e. The zero-order valence-corrected chi connectivity index (χ0v) is 12.8. The van der Waals surface area contributed by atoms with E-state index in [4.69, 9.17) is 13.9 Å². The van der Waals surface area contributed by atoms with Gasteiger partial charge in [-0.25, -0.2) is 0 Å². The predicted molar refractivity (Wildman–Crippen MR) is 79.7 cm³/mol. The van der Waals surface area contributed by atoms with Gasteiger partial charge in [0, 0.05) is 12.4 Å². The van der Waals surface area contributed by atoms with Gasteiger partial charge in [-0.2, -0.15) is 0 Å². The zero-order chi connectivity index (χ0) is 14.5. The smallest absolute Gasteiger partial charge is 0.276 e. The summed E-state index contributed by atoms with van der Waals surface area (Å²) in [6.07, 6.45) is 1.77. The van der Waals surface area contributed by atoms with E-state index in [2.05, 4.69) is 10.2 Å². The Hall–Kier alpha value is -1.53. The van der Waals surface area contributed by atoms with Crippen molar-refractivity contribution in [2.45, 2.75) is 18.1 Å². The Balaban J connectivity index is 1.53. The molecule has 1 saturated heterocycles. The van der Waals surface area contributed by atoms with Crippen LogP contribution in [-0.2, 0) is 11.2 Å². The van der Waals surface area contributed by atoms with E-state index in [1.54, 1.807) is 18.9 Å². The Bertz CT molecular complexity index is 565. The van der Waals surface area contributed by atoms with Gasteiger partial charge in [0.25, 0.3) is 5.22 Å². The summed E-state index contributed by atoms with van der Waals surface area (Å²) in [6, 6.07) is 7.88. The first kappa shape index (κ1) is 14.4. The van der Waals surface area contributed by atoms with Crippen molar-refractivity contribution in [1.29, 1.82) is 0 Å². The Labute approximate surface area is 128 Å². The van der Waals surface area contributed by atoms with Crippen LogP contribution in [0.1, 0.15) is 17.9 Å². The van der Waals surface area contributed by atoms with E-state index in [1.807, 2.05) is 24.3 Å². The quantitative estimate of drug-likeness (QED) is 0.765. The summed E-state index contributed by atoms with van der Waals surface area (Å²) in [5.41, 5.74) is 1.13. The molecule has 1 aromatic heterocycles. The normalized spacial score (nSPS) is 18.0. The van der Waals surface area contributed by atoms with Crippen LogP contribution in [0.4, 0.5) is 0 Å². The van der Waals surface area contributed by atoms with Gasteiger partial charge in [-0.1, -0.05) is 23.9 Å². The molecule has 5 nitrogen and oxygen atoms in total. The molecule has 1 aromatic carbocycles. The van der Waals surface area contributed by atoms with Gasteiger partial charge in [-0.05, 0) is 30.0 Å². The van der Waals surface area contributed by atoms with Gasteiger partial charge in [0.05, 0.1) is 20.1 Å². The molecule has 0 amide bonds. The predicted octanol–water partition coefficient (Wildman–Crippen LogP) is 2.80. The van der Waals surface area contributed by atoms with Gasteiger partial charge < -0.3 is 13.9 Å². The highest BCUT2D eigenvalue weighted by atomic mass is 32.2. The Kier molecular flexibility index (Phi) is 4.77. The molecule has 0 unspecified atom stereocenters. The van der Waals surface area contributed by atoms with Gasteiger partial charge >= 0.3 is 0 Å². The molecule has 0 saturated carbocycles. The maximum absolute atomic E-state index is 5.67. The van der Waals surface area contributed by atoms with E-state index >= 15 is 0 Å². The lowest BCUT2D eigenvalue weighted by Crippen LogP contribution is -2.01. The van der Waals surface area contributed by atoms with Crippen LogP contribution in [0, 0.1) is 5.92 Å². The molecule has 0 bridgehead atoms. The molecule has 1 atom stereocenters. The van der Waals surface area contributed by atoms with Crippen molar-refractivity contribution in [3.05, 3.63) is 35.7 Å². The molecular weight excluding hydrogens is 288 g/mol. The van der Waals surface area contributed by atoms with Crippen molar-refractivity contribution < 1.29 is 13.9 Å². The lowest BCUT2D eigenvalue weighted by molar-refractivity contribution is 0.189. The Morgan fingerprint density at radius 1 is 1.29 bits per heavy atom. The number of hydrogen-bond acceptors (Lipinski definition) is 6. The molecule has 0 spiro atoms. The highest BCUT2D eigenvalue weighted by Gasteiger charge is 2.17. The molecule has 3 rings (SSSR count). The topological polar surface area (TPSA) is 57.4 Å². The van der Waals surface area contributed by atoms with Gasteiger partial charge in [-0.3, -0.25) is 0 Å². The zero-order valence-electron chi connectivity index (χ0n) is 11.9. The average Bonchev–Trinajstić information content (AvgIpc) is 3.17. The second-order valence-electron chi connectivity index (χ2n) is 5.03. The fraction of sp³-hybridized carbons (Fsp3) is 0.467. The Morgan fingerprint density at radius 3 is 2.86 bits per heavy atom. The van der Waals surface area contributed by atoms with Crippen LogP contribution in [0.25, 0.3) is 0 Å². The highest BCUT2D eigenvalue weighted by molar-refractivity contribution is 7.99. The summed E-state index contributed by atoms with van der Waals surface area (Å²) in [5.74, 6) is 3.07. The van der Waals surface area contributed by atoms with E-state index in [-0.39, 0.29) is 0 Å². The van der Waals surface area contributed by atoms with Crippen molar-refractivity contribution in [2.24, 2.45) is 5.92 Å². The molecule has 0 aliphatic carbocycles. The van der Waals surface area contributed by atoms with Crippen molar-refractivity contribution in [3.8, 4) is 5.75 Å². The highest BCUT2D eigenvalue weighted by Crippen LogP contribution is 2.24. The van der Waals surface area contributed by atoms with Crippen molar-refractivity contribution in [3.63, 3.8) is 0 Å². The Morgan fingerprint density at radius 2 is 2.14 bits per heavy atom. The number of hydrogen-bond donors (Lipinski definition) is 0. The maximum atomic E-state index is 5.67. The molecule has 1 aliphatic heterocycles. The van der Waals surface area contributed by atoms with Gasteiger partial charge in [0.2, 0.25) is 5.89 Å². The second kappa shape index (κ2) is 6.95. The van der Waals surface area contributed by atoms with Gasteiger partial charge in [0.1, 0.15) is 5.75 Å². The molecule has 1 fully saturated rings. The van der Waals surface area contributed by atoms with E-state index in [0.717, 1.165) is 36.7 Å².